The van der Waals surface area contributed by atoms with Gasteiger partial charge in [-0.15, -0.1) is 0 Å². The van der Waals surface area contributed by atoms with Crippen molar-refractivity contribution in [1.29, 1.82) is 0 Å². The van der Waals surface area contributed by atoms with Crippen molar-refractivity contribution < 1.29 is 18.3 Å². The molecule has 8 heteroatoms. The van der Waals surface area contributed by atoms with Crippen molar-refractivity contribution in [3.05, 3.63) is 5.82 Å². The molecule has 0 spiro atoms. The second kappa shape index (κ2) is 4.77. The lowest BCUT2D eigenvalue weighted by molar-refractivity contribution is -0.144. The molecule has 1 fully saturated rings. The summed E-state index contributed by atoms with van der Waals surface area (Å²) in [6.45, 7) is 0.531. The molecule has 0 aromatic carbocycles. The third-order valence-corrected chi connectivity index (χ3v) is 3.41. The van der Waals surface area contributed by atoms with Gasteiger partial charge in [0.2, 0.25) is 11.0 Å². The Morgan fingerprint density at radius 2 is 2.18 bits per heavy atom. The van der Waals surface area contributed by atoms with Crippen molar-refractivity contribution in [3.8, 4) is 0 Å². The highest BCUT2D eigenvalue weighted by Gasteiger charge is 2.36. The lowest BCUT2D eigenvalue weighted by Crippen LogP contribution is -2.13. The molecule has 1 aliphatic carbocycles. The lowest BCUT2D eigenvalue weighted by Gasteiger charge is -2.08. The summed E-state index contributed by atoms with van der Waals surface area (Å²) < 4.78 is 39.9. The monoisotopic (exact) mass is 267 g/mol. The van der Waals surface area contributed by atoms with E-state index >= 15 is 0 Å². The maximum atomic E-state index is 12.2. The van der Waals surface area contributed by atoms with E-state index < -0.39 is 12.0 Å². The fraction of sp³-hybridized carbons (Fsp3) is 0.778. The molecule has 2 unspecified atom stereocenters. The summed E-state index contributed by atoms with van der Waals surface area (Å²) in [5.74, 6) is -0.806. The average molecular weight is 267 g/mol. The number of anilines is 1. The first-order chi connectivity index (χ1) is 7.95. The third-order valence-electron chi connectivity index (χ3n) is 2.74. The third kappa shape index (κ3) is 3.29. The van der Waals surface area contributed by atoms with Crippen molar-refractivity contribution in [2.24, 2.45) is 5.92 Å². The van der Waals surface area contributed by atoms with Crippen LogP contribution in [0.1, 0.15) is 25.1 Å². The van der Waals surface area contributed by atoms with E-state index in [9.17, 15) is 18.3 Å². The van der Waals surface area contributed by atoms with Gasteiger partial charge < -0.3 is 10.4 Å². The highest BCUT2D eigenvalue weighted by molar-refractivity contribution is 7.09. The van der Waals surface area contributed by atoms with Gasteiger partial charge >= 0.3 is 6.18 Å². The molecule has 0 aliphatic heterocycles. The number of rotatable bonds is 3. The number of halogens is 3. The highest BCUT2D eigenvalue weighted by Crippen LogP contribution is 2.30. The lowest BCUT2D eigenvalue weighted by atomic mass is 10.1. The Balaban J connectivity index is 1.85. The minimum atomic E-state index is -4.49. The molecule has 0 saturated heterocycles. The number of aromatic nitrogens is 2. The maximum Gasteiger partial charge on any atom is 0.452 e. The molecule has 4 nitrogen and oxygen atoms in total. The molecule has 96 valence electrons. The first kappa shape index (κ1) is 12.6. The van der Waals surface area contributed by atoms with Gasteiger partial charge in [0.25, 0.3) is 0 Å². The number of alkyl halides is 3. The van der Waals surface area contributed by atoms with Crippen LogP contribution in [0.15, 0.2) is 0 Å². The molecule has 2 rings (SSSR count). The minimum Gasteiger partial charge on any atom is -0.393 e. The van der Waals surface area contributed by atoms with E-state index in [1.165, 1.54) is 0 Å². The van der Waals surface area contributed by atoms with Gasteiger partial charge in [0, 0.05) is 18.1 Å². The number of nitrogens with zero attached hydrogens (tertiary/aromatic N) is 2. The first-order valence-corrected chi connectivity index (χ1v) is 6.05. The Kier molecular flexibility index (Phi) is 3.53. The summed E-state index contributed by atoms with van der Waals surface area (Å²) in [5.41, 5.74) is 0. The first-order valence-electron chi connectivity index (χ1n) is 5.28. The second-order valence-electron chi connectivity index (χ2n) is 4.13. The molecular formula is C9H12F3N3OS. The van der Waals surface area contributed by atoms with Gasteiger partial charge in [-0.25, -0.2) is 0 Å². The smallest absolute Gasteiger partial charge is 0.393 e. The van der Waals surface area contributed by atoms with E-state index in [1.54, 1.807) is 0 Å². The van der Waals surface area contributed by atoms with Crippen molar-refractivity contribution in [2.45, 2.75) is 31.5 Å². The van der Waals surface area contributed by atoms with E-state index in [1.807, 2.05) is 0 Å². The van der Waals surface area contributed by atoms with Crippen LogP contribution in [0.4, 0.5) is 18.3 Å². The summed E-state index contributed by atoms with van der Waals surface area (Å²) in [6, 6.07) is 0. The van der Waals surface area contributed by atoms with Gasteiger partial charge in [-0.2, -0.15) is 22.5 Å². The van der Waals surface area contributed by atoms with Crippen molar-refractivity contribution in [2.75, 3.05) is 11.9 Å². The predicted octanol–water partition coefficient (Wildman–Crippen LogP) is 2.13. The summed E-state index contributed by atoms with van der Waals surface area (Å²) in [4.78, 5) is 3.37. The standard InChI is InChI=1S/C9H12F3N3OS/c10-9(11,12)7-14-8(17-15-7)13-4-5-1-2-6(16)3-5/h5-6,16H,1-4H2,(H,13,14,15). The number of aliphatic hydroxyl groups is 1. The van der Waals surface area contributed by atoms with Crippen LogP contribution in [0, 0.1) is 5.92 Å². The molecule has 0 bridgehead atoms. The Morgan fingerprint density at radius 1 is 1.41 bits per heavy atom. The van der Waals surface area contributed by atoms with Crippen LogP contribution in [-0.2, 0) is 6.18 Å². The van der Waals surface area contributed by atoms with Crippen molar-refractivity contribution in [1.82, 2.24) is 9.36 Å². The Hall–Kier alpha value is -0.890. The van der Waals surface area contributed by atoms with Gasteiger partial charge in [0.1, 0.15) is 0 Å². The summed E-state index contributed by atoms with van der Waals surface area (Å²) >= 11 is 0.706. The molecule has 2 atom stereocenters. The molecule has 1 aliphatic rings. The van der Waals surface area contributed by atoms with Crippen LogP contribution in [0.25, 0.3) is 0 Å². The van der Waals surface area contributed by atoms with E-state index in [-0.39, 0.29) is 11.2 Å². The van der Waals surface area contributed by atoms with Crippen molar-refractivity contribution >= 4 is 16.7 Å². The predicted molar refractivity (Wildman–Crippen MR) is 56.7 cm³/mol. The van der Waals surface area contributed by atoms with Gasteiger partial charge in [-0.1, -0.05) is 0 Å². The van der Waals surface area contributed by atoms with Crippen LogP contribution >= 0.6 is 11.5 Å². The number of aliphatic hydroxyl groups excluding tert-OH is 1. The summed E-state index contributed by atoms with van der Waals surface area (Å²) in [5, 5.41) is 12.3. The van der Waals surface area contributed by atoms with E-state index in [0.29, 0.717) is 30.4 Å². The average Bonchev–Trinajstić information content (AvgIpc) is 2.82. The van der Waals surface area contributed by atoms with E-state index in [4.69, 9.17) is 0 Å². The van der Waals surface area contributed by atoms with Crippen LogP contribution in [0.2, 0.25) is 0 Å². The van der Waals surface area contributed by atoms with Gasteiger partial charge in [0.05, 0.1) is 6.10 Å². The van der Waals surface area contributed by atoms with Crippen LogP contribution in [0.3, 0.4) is 0 Å². The highest BCUT2D eigenvalue weighted by atomic mass is 32.1. The van der Waals surface area contributed by atoms with Gasteiger partial charge in [0.15, 0.2) is 0 Å². The summed E-state index contributed by atoms with van der Waals surface area (Å²) in [7, 11) is 0. The maximum absolute atomic E-state index is 12.2. The number of hydrogen-bond donors (Lipinski definition) is 2. The molecule has 0 amide bonds. The molecule has 1 heterocycles. The Morgan fingerprint density at radius 3 is 2.71 bits per heavy atom. The fourth-order valence-electron chi connectivity index (χ4n) is 1.88. The van der Waals surface area contributed by atoms with Gasteiger partial charge in [-0.3, -0.25) is 0 Å². The van der Waals surface area contributed by atoms with Gasteiger partial charge in [-0.05, 0) is 25.2 Å². The molecular weight excluding hydrogens is 255 g/mol. The molecule has 1 saturated carbocycles. The van der Waals surface area contributed by atoms with Crippen molar-refractivity contribution in [3.63, 3.8) is 0 Å². The van der Waals surface area contributed by atoms with E-state index in [0.717, 1.165) is 12.8 Å². The Labute approximate surface area is 100 Å². The van der Waals surface area contributed by atoms with Crippen LogP contribution < -0.4 is 5.32 Å². The molecule has 17 heavy (non-hydrogen) atoms. The fourth-order valence-corrected chi connectivity index (χ4v) is 2.47. The second-order valence-corrected chi connectivity index (χ2v) is 4.89. The zero-order valence-electron chi connectivity index (χ0n) is 8.87. The number of nitrogens with one attached hydrogen (secondary N) is 1. The van der Waals surface area contributed by atoms with Crippen LogP contribution in [-0.4, -0.2) is 27.1 Å². The molecule has 1 aromatic heterocycles. The SMILES string of the molecule is OC1CCC(CNc2nc(C(F)(F)F)ns2)C1. The molecule has 2 N–H and O–H groups in total. The summed E-state index contributed by atoms with van der Waals surface area (Å²) in [6.07, 6.45) is -2.42. The zero-order chi connectivity index (χ0) is 12.5. The van der Waals surface area contributed by atoms with E-state index in [2.05, 4.69) is 14.7 Å². The Bertz CT molecular complexity index is 382. The molecule has 1 aromatic rings. The largest absolute Gasteiger partial charge is 0.452 e. The number of hydrogen-bond acceptors (Lipinski definition) is 5. The quantitative estimate of drug-likeness (QED) is 0.880. The topological polar surface area (TPSA) is 58.0 Å². The zero-order valence-corrected chi connectivity index (χ0v) is 9.68. The minimum absolute atomic E-state index is 0.179. The van der Waals surface area contributed by atoms with Crippen LogP contribution in [0.5, 0.6) is 0 Å². The normalized spacial score (nSPS) is 25.2. The molecule has 0 radical (unpaired) electrons.